The molecule has 1 aliphatic heterocycles. The van der Waals surface area contributed by atoms with E-state index in [2.05, 4.69) is 128 Å². The Hall–Kier alpha value is -4.04. The minimum atomic E-state index is 0.339. The molecule has 4 aromatic carbocycles. The second kappa shape index (κ2) is 8.52. The number of hydrogen-bond acceptors (Lipinski definition) is 1. The first-order valence-corrected chi connectivity index (χ1v) is 13.6. The Kier molecular flexibility index (Phi) is 5.11. The van der Waals surface area contributed by atoms with Crippen molar-refractivity contribution in [2.45, 2.75) is 39.7 Å². The van der Waals surface area contributed by atoms with E-state index in [0.717, 1.165) is 12.8 Å². The number of nitrogens with one attached hydrogen (secondary N) is 1. The van der Waals surface area contributed by atoms with Crippen molar-refractivity contribution in [3.8, 4) is 11.1 Å². The van der Waals surface area contributed by atoms with Crippen molar-refractivity contribution in [3.05, 3.63) is 114 Å². The van der Waals surface area contributed by atoms with Gasteiger partial charge in [-0.05, 0) is 83.5 Å². The first-order chi connectivity index (χ1) is 18.1. The Morgan fingerprint density at radius 1 is 0.757 bits per heavy atom. The van der Waals surface area contributed by atoms with Gasteiger partial charge in [0.05, 0.1) is 6.04 Å². The highest BCUT2D eigenvalue weighted by molar-refractivity contribution is 6.08. The molecule has 0 amide bonds. The topological polar surface area (TPSA) is 19.0 Å². The fraction of sp³-hybridized carbons (Fsp3) is 0.200. The first kappa shape index (κ1) is 22.2. The monoisotopic (exact) mass is 480 g/mol. The van der Waals surface area contributed by atoms with E-state index in [9.17, 15) is 0 Å². The third-order valence-corrected chi connectivity index (χ3v) is 8.35. The number of aromatic nitrogens is 1. The predicted molar refractivity (Wildman–Crippen MR) is 159 cm³/mol. The van der Waals surface area contributed by atoms with Crippen LogP contribution in [0.4, 0.5) is 11.4 Å². The summed E-state index contributed by atoms with van der Waals surface area (Å²) in [6.45, 7) is 6.88. The molecule has 2 unspecified atom stereocenters. The second-order valence-corrected chi connectivity index (χ2v) is 10.6. The standard InChI is InChI=1S/C35H32N2/c1-4-23-10-17-34-30(19-23)31-20-24(5-2)18-22(3)35(31)37(34)27-14-11-25(12-15-27)26-13-16-33-29(21-26)28-8-6-7-9-32(28)36-33/h6-22,35-36H,4-5H2,1-3H3. The number of nitrogens with zero attached hydrogens (tertiary/aromatic N) is 1. The van der Waals surface area contributed by atoms with Crippen LogP contribution >= 0.6 is 0 Å². The number of aryl methyl sites for hydroxylation is 1. The third-order valence-electron chi connectivity index (χ3n) is 8.35. The maximum atomic E-state index is 3.54. The highest BCUT2D eigenvalue weighted by Gasteiger charge is 2.39. The van der Waals surface area contributed by atoms with Gasteiger partial charge in [0, 0.05) is 38.7 Å². The highest BCUT2D eigenvalue weighted by Crippen LogP contribution is 2.50. The number of benzene rings is 4. The molecule has 5 aromatic rings. The molecule has 2 atom stereocenters. The van der Waals surface area contributed by atoms with Crippen molar-refractivity contribution in [1.29, 1.82) is 0 Å². The largest absolute Gasteiger partial charge is 0.355 e. The fourth-order valence-electron chi connectivity index (χ4n) is 6.41. The number of anilines is 2. The summed E-state index contributed by atoms with van der Waals surface area (Å²) in [6.07, 6.45) is 7.07. The molecule has 1 aromatic heterocycles. The van der Waals surface area contributed by atoms with Gasteiger partial charge in [-0.3, -0.25) is 0 Å². The molecular formula is C35H32N2. The molecule has 0 saturated heterocycles. The van der Waals surface area contributed by atoms with Gasteiger partial charge >= 0.3 is 0 Å². The van der Waals surface area contributed by atoms with E-state index in [1.165, 1.54) is 66.6 Å². The SMILES string of the molecule is CCC1=CC(C)C2C(=C1)c1cc(CC)ccc1N2c1ccc(-c2ccc3[nH]c4ccccc4c3c2)cc1. The van der Waals surface area contributed by atoms with Crippen molar-refractivity contribution in [2.75, 3.05) is 4.90 Å². The second-order valence-electron chi connectivity index (χ2n) is 10.6. The molecular weight excluding hydrogens is 448 g/mol. The molecule has 2 nitrogen and oxygen atoms in total. The van der Waals surface area contributed by atoms with Crippen LogP contribution in [-0.2, 0) is 6.42 Å². The van der Waals surface area contributed by atoms with Crippen LogP contribution in [0, 0.1) is 5.92 Å². The van der Waals surface area contributed by atoms with E-state index in [1.807, 2.05) is 0 Å². The van der Waals surface area contributed by atoms with Crippen LogP contribution < -0.4 is 4.90 Å². The van der Waals surface area contributed by atoms with E-state index in [-0.39, 0.29) is 0 Å². The van der Waals surface area contributed by atoms with Gasteiger partial charge < -0.3 is 9.88 Å². The summed E-state index contributed by atoms with van der Waals surface area (Å²) in [6, 6.07) is 31.9. The summed E-state index contributed by atoms with van der Waals surface area (Å²) in [5, 5.41) is 2.56. The van der Waals surface area contributed by atoms with E-state index in [0.29, 0.717) is 12.0 Å². The average Bonchev–Trinajstić information content (AvgIpc) is 3.48. The van der Waals surface area contributed by atoms with Gasteiger partial charge in [-0.25, -0.2) is 0 Å². The number of rotatable bonds is 4. The summed E-state index contributed by atoms with van der Waals surface area (Å²) in [5.41, 5.74) is 13.2. The Morgan fingerprint density at radius 2 is 1.54 bits per heavy atom. The number of aromatic amines is 1. The van der Waals surface area contributed by atoms with Crippen LogP contribution in [-0.4, -0.2) is 11.0 Å². The van der Waals surface area contributed by atoms with Crippen LogP contribution in [0.2, 0.25) is 0 Å². The van der Waals surface area contributed by atoms with Crippen LogP contribution in [0.3, 0.4) is 0 Å². The van der Waals surface area contributed by atoms with Crippen LogP contribution in [0.1, 0.15) is 38.3 Å². The van der Waals surface area contributed by atoms with E-state index >= 15 is 0 Å². The Morgan fingerprint density at radius 3 is 2.35 bits per heavy atom. The molecule has 2 heterocycles. The lowest BCUT2D eigenvalue weighted by molar-refractivity contribution is 0.630. The maximum Gasteiger partial charge on any atom is 0.0658 e. The molecule has 7 rings (SSSR count). The van der Waals surface area contributed by atoms with Gasteiger partial charge in [0.25, 0.3) is 0 Å². The Labute approximate surface area is 219 Å². The van der Waals surface area contributed by atoms with Crippen LogP contribution in [0.5, 0.6) is 0 Å². The number of H-pyrrole nitrogens is 1. The number of para-hydroxylation sites is 1. The van der Waals surface area contributed by atoms with Gasteiger partial charge in [-0.15, -0.1) is 0 Å². The summed E-state index contributed by atoms with van der Waals surface area (Å²) in [5.74, 6) is 0.455. The average molecular weight is 481 g/mol. The molecule has 2 heteroatoms. The Bertz CT molecular complexity index is 1710. The summed E-state index contributed by atoms with van der Waals surface area (Å²) in [4.78, 5) is 6.11. The van der Waals surface area contributed by atoms with Gasteiger partial charge in [-0.2, -0.15) is 0 Å². The summed E-state index contributed by atoms with van der Waals surface area (Å²) in [7, 11) is 0. The smallest absolute Gasteiger partial charge is 0.0658 e. The quantitative estimate of drug-likeness (QED) is 0.271. The van der Waals surface area contributed by atoms with Gasteiger partial charge in [0.2, 0.25) is 0 Å². The maximum absolute atomic E-state index is 3.54. The molecule has 0 bridgehead atoms. The molecule has 0 fully saturated rings. The zero-order valence-electron chi connectivity index (χ0n) is 21.8. The van der Waals surface area contributed by atoms with E-state index in [1.54, 1.807) is 0 Å². The Balaban J connectivity index is 1.30. The minimum absolute atomic E-state index is 0.339. The molecule has 1 N–H and O–H groups in total. The molecule has 37 heavy (non-hydrogen) atoms. The minimum Gasteiger partial charge on any atom is -0.355 e. The van der Waals surface area contributed by atoms with Crippen LogP contribution in [0.25, 0.3) is 38.5 Å². The lowest BCUT2D eigenvalue weighted by Crippen LogP contribution is -2.33. The molecule has 2 aliphatic rings. The highest BCUT2D eigenvalue weighted by atomic mass is 15.2. The fourth-order valence-corrected chi connectivity index (χ4v) is 6.41. The van der Waals surface area contributed by atoms with Crippen LogP contribution in [0.15, 0.2) is 103 Å². The lowest BCUT2D eigenvalue weighted by Gasteiger charge is -2.33. The number of hydrogen-bond donors (Lipinski definition) is 1. The van der Waals surface area contributed by atoms with Crippen molar-refractivity contribution >= 4 is 38.8 Å². The van der Waals surface area contributed by atoms with Gasteiger partial charge in [0.15, 0.2) is 0 Å². The van der Waals surface area contributed by atoms with Crippen molar-refractivity contribution in [2.24, 2.45) is 5.92 Å². The molecule has 0 spiro atoms. The van der Waals surface area contributed by atoms with Gasteiger partial charge in [-0.1, -0.05) is 81.0 Å². The molecule has 1 aliphatic carbocycles. The summed E-state index contributed by atoms with van der Waals surface area (Å²) >= 11 is 0. The van der Waals surface area contributed by atoms with E-state index < -0.39 is 0 Å². The number of allylic oxidation sites excluding steroid dienone is 2. The zero-order valence-corrected chi connectivity index (χ0v) is 21.8. The molecule has 182 valence electrons. The first-order valence-electron chi connectivity index (χ1n) is 13.6. The van der Waals surface area contributed by atoms with Crippen molar-refractivity contribution < 1.29 is 0 Å². The van der Waals surface area contributed by atoms with Crippen molar-refractivity contribution in [3.63, 3.8) is 0 Å². The third kappa shape index (κ3) is 3.47. The predicted octanol–water partition coefficient (Wildman–Crippen LogP) is 9.44. The summed E-state index contributed by atoms with van der Waals surface area (Å²) < 4.78 is 0. The molecule has 0 saturated carbocycles. The van der Waals surface area contributed by atoms with Crippen molar-refractivity contribution in [1.82, 2.24) is 4.98 Å². The van der Waals surface area contributed by atoms with Gasteiger partial charge in [0.1, 0.15) is 0 Å². The lowest BCUT2D eigenvalue weighted by atomic mass is 9.84. The normalized spacial score (nSPS) is 18.6. The number of fused-ring (bicyclic) bond motifs is 6. The molecule has 0 radical (unpaired) electrons. The zero-order chi connectivity index (χ0) is 25.1. The van der Waals surface area contributed by atoms with E-state index in [4.69, 9.17) is 0 Å².